The number of rotatable bonds is 6. The van der Waals surface area contributed by atoms with Gasteiger partial charge in [0.15, 0.2) is 0 Å². The summed E-state index contributed by atoms with van der Waals surface area (Å²) in [6.07, 6.45) is 3.41. The minimum absolute atomic E-state index is 0.118. The summed E-state index contributed by atoms with van der Waals surface area (Å²) in [5, 5.41) is 0. The Morgan fingerprint density at radius 3 is 2.61 bits per heavy atom. The number of hydroxylamine groups is 1. The third-order valence-corrected chi connectivity index (χ3v) is 3.45. The van der Waals surface area contributed by atoms with Crippen LogP contribution in [0.5, 0.6) is 0 Å². The van der Waals surface area contributed by atoms with Crippen molar-refractivity contribution in [3.63, 3.8) is 0 Å². The summed E-state index contributed by atoms with van der Waals surface area (Å²) in [5.74, 6) is -0.118. The molecular formula is C14H19NO3. The fourth-order valence-corrected chi connectivity index (χ4v) is 2.13. The first-order chi connectivity index (χ1) is 8.74. The smallest absolute Gasteiger partial charge is 0.246 e. The fourth-order valence-electron chi connectivity index (χ4n) is 2.13. The highest BCUT2D eigenvalue weighted by molar-refractivity contribution is 5.76. The standard InChI is InChI=1S/C14H19NO3/c1-17-14(8-5-9-14)10-13(16)15-18-11-12-6-3-2-4-7-12/h2-4,6-7H,5,8-11H2,1H3,(H,15,16). The molecule has 0 atom stereocenters. The molecule has 0 unspecified atom stereocenters. The Bertz CT molecular complexity index is 382. The van der Waals surface area contributed by atoms with Gasteiger partial charge in [-0.3, -0.25) is 9.63 Å². The Kier molecular flexibility index (Phi) is 4.33. The van der Waals surface area contributed by atoms with Gasteiger partial charge in [0.25, 0.3) is 0 Å². The van der Waals surface area contributed by atoms with Gasteiger partial charge < -0.3 is 4.74 Å². The van der Waals surface area contributed by atoms with E-state index in [1.54, 1.807) is 7.11 Å². The van der Waals surface area contributed by atoms with Crippen molar-refractivity contribution in [3.8, 4) is 0 Å². The molecule has 2 rings (SSSR count). The van der Waals surface area contributed by atoms with Crippen molar-refractivity contribution in [2.24, 2.45) is 0 Å². The number of hydrogen-bond acceptors (Lipinski definition) is 3. The van der Waals surface area contributed by atoms with Gasteiger partial charge in [0, 0.05) is 7.11 Å². The van der Waals surface area contributed by atoms with Crippen LogP contribution in [-0.2, 0) is 21.0 Å². The van der Waals surface area contributed by atoms with Crippen molar-refractivity contribution in [1.29, 1.82) is 0 Å². The molecule has 1 aromatic carbocycles. The van der Waals surface area contributed by atoms with E-state index in [4.69, 9.17) is 9.57 Å². The molecule has 0 saturated heterocycles. The topological polar surface area (TPSA) is 47.6 Å². The zero-order chi connectivity index (χ0) is 12.8. The molecule has 1 aliphatic rings. The molecule has 98 valence electrons. The Labute approximate surface area is 107 Å². The van der Waals surface area contributed by atoms with E-state index in [9.17, 15) is 4.79 Å². The van der Waals surface area contributed by atoms with E-state index in [0.717, 1.165) is 24.8 Å². The molecule has 0 heterocycles. The average Bonchev–Trinajstić information content (AvgIpc) is 2.35. The van der Waals surface area contributed by atoms with Gasteiger partial charge in [0.1, 0.15) is 0 Å². The highest BCUT2D eigenvalue weighted by Crippen LogP contribution is 2.37. The number of hydrogen-bond donors (Lipinski definition) is 1. The molecule has 4 nitrogen and oxygen atoms in total. The molecule has 1 amide bonds. The van der Waals surface area contributed by atoms with E-state index in [1.165, 1.54) is 0 Å². The highest BCUT2D eigenvalue weighted by atomic mass is 16.6. The van der Waals surface area contributed by atoms with Crippen LogP contribution in [0.2, 0.25) is 0 Å². The lowest BCUT2D eigenvalue weighted by molar-refractivity contribution is -0.146. The molecule has 1 N–H and O–H groups in total. The summed E-state index contributed by atoms with van der Waals surface area (Å²) in [6, 6.07) is 9.73. The second kappa shape index (κ2) is 5.98. The number of benzene rings is 1. The lowest BCUT2D eigenvalue weighted by atomic mass is 9.77. The molecule has 1 aliphatic carbocycles. The second-order valence-electron chi connectivity index (χ2n) is 4.72. The first-order valence-corrected chi connectivity index (χ1v) is 6.24. The van der Waals surface area contributed by atoms with Crippen molar-refractivity contribution < 1.29 is 14.4 Å². The quantitative estimate of drug-likeness (QED) is 0.786. The lowest BCUT2D eigenvalue weighted by Crippen LogP contribution is -2.43. The monoisotopic (exact) mass is 249 g/mol. The average molecular weight is 249 g/mol. The molecule has 1 fully saturated rings. The largest absolute Gasteiger partial charge is 0.378 e. The Morgan fingerprint density at radius 2 is 2.06 bits per heavy atom. The first kappa shape index (κ1) is 13.1. The third kappa shape index (κ3) is 3.31. The first-order valence-electron chi connectivity index (χ1n) is 6.24. The number of amides is 1. The molecule has 0 aromatic heterocycles. The molecule has 1 saturated carbocycles. The van der Waals surface area contributed by atoms with Gasteiger partial charge in [-0.05, 0) is 24.8 Å². The van der Waals surface area contributed by atoms with Crippen LogP contribution in [0.25, 0.3) is 0 Å². The molecule has 0 bridgehead atoms. The van der Waals surface area contributed by atoms with Crippen LogP contribution in [0.3, 0.4) is 0 Å². The summed E-state index contributed by atoms with van der Waals surface area (Å²) >= 11 is 0. The molecule has 0 spiro atoms. The maximum absolute atomic E-state index is 11.7. The fraction of sp³-hybridized carbons (Fsp3) is 0.500. The van der Waals surface area contributed by atoms with Crippen molar-refractivity contribution in [1.82, 2.24) is 5.48 Å². The van der Waals surface area contributed by atoms with Gasteiger partial charge in [-0.15, -0.1) is 0 Å². The van der Waals surface area contributed by atoms with Crippen LogP contribution >= 0.6 is 0 Å². The zero-order valence-electron chi connectivity index (χ0n) is 10.6. The SMILES string of the molecule is COC1(CC(=O)NOCc2ccccc2)CCC1. The van der Waals surface area contributed by atoms with E-state index in [1.807, 2.05) is 30.3 Å². The van der Waals surface area contributed by atoms with E-state index in [2.05, 4.69) is 5.48 Å². The van der Waals surface area contributed by atoms with E-state index in [0.29, 0.717) is 13.0 Å². The Morgan fingerprint density at radius 1 is 1.33 bits per heavy atom. The third-order valence-electron chi connectivity index (χ3n) is 3.45. The normalized spacial score (nSPS) is 16.9. The minimum Gasteiger partial charge on any atom is -0.378 e. The predicted octanol–water partition coefficient (Wildman–Crippen LogP) is 2.19. The van der Waals surface area contributed by atoms with Gasteiger partial charge in [-0.25, -0.2) is 5.48 Å². The molecule has 0 aliphatic heterocycles. The maximum Gasteiger partial charge on any atom is 0.246 e. The summed E-state index contributed by atoms with van der Waals surface area (Å²) in [7, 11) is 1.66. The van der Waals surface area contributed by atoms with E-state index < -0.39 is 0 Å². The number of carbonyl (C=O) groups is 1. The zero-order valence-corrected chi connectivity index (χ0v) is 10.6. The summed E-state index contributed by atoms with van der Waals surface area (Å²) in [4.78, 5) is 16.9. The Balaban J connectivity index is 1.69. The van der Waals surface area contributed by atoms with E-state index >= 15 is 0 Å². The van der Waals surface area contributed by atoms with Gasteiger partial charge >= 0.3 is 0 Å². The van der Waals surface area contributed by atoms with Gasteiger partial charge in [-0.2, -0.15) is 0 Å². The molecule has 18 heavy (non-hydrogen) atoms. The lowest BCUT2D eigenvalue weighted by Gasteiger charge is -2.39. The number of ether oxygens (including phenoxy) is 1. The molecule has 4 heteroatoms. The van der Waals surface area contributed by atoms with Crippen molar-refractivity contribution >= 4 is 5.91 Å². The molecule has 0 radical (unpaired) electrons. The highest BCUT2D eigenvalue weighted by Gasteiger charge is 2.39. The van der Waals surface area contributed by atoms with E-state index in [-0.39, 0.29) is 11.5 Å². The van der Waals surface area contributed by atoms with Crippen molar-refractivity contribution in [2.75, 3.05) is 7.11 Å². The van der Waals surface area contributed by atoms with Crippen LogP contribution in [-0.4, -0.2) is 18.6 Å². The summed E-state index contributed by atoms with van der Waals surface area (Å²) in [5.41, 5.74) is 3.25. The predicted molar refractivity (Wildman–Crippen MR) is 67.6 cm³/mol. The Hall–Kier alpha value is -1.39. The van der Waals surface area contributed by atoms with Gasteiger partial charge in [0.2, 0.25) is 5.91 Å². The van der Waals surface area contributed by atoms with Gasteiger partial charge in [-0.1, -0.05) is 30.3 Å². The number of nitrogens with one attached hydrogen (secondary N) is 1. The summed E-state index contributed by atoms with van der Waals surface area (Å²) in [6.45, 7) is 0.382. The maximum atomic E-state index is 11.7. The van der Waals surface area contributed by atoms with Crippen molar-refractivity contribution in [3.05, 3.63) is 35.9 Å². The van der Waals surface area contributed by atoms with Crippen LogP contribution in [0, 0.1) is 0 Å². The van der Waals surface area contributed by atoms with Crippen molar-refractivity contribution in [2.45, 2.75) is 37.9 Å². The molecular weight excluding hydrogens is 230 g/mol. The van der Waals surface area contributed by atoms with Gasteiger partial charge in [0.05, 0.1) is 18.6 Å². The van der Waals surface area contributed by atoms with Crippen LogP contribution < -0.4 is 5.48 Å². The second-order valence-corrected chi connectivity index (χ2v) is 4.72. The summed E-state index contributed by atoms with van der Waals surface area (Å²) < 4.78 is 5.39. The number of carbonyl (C=O) groups excluding carboxylic acids is 1. The van der Waals surface area contributed by atoms with Crippen LogP contribution in [0.1, 0.15) is 31.2 Å². The number of methoxy groups -OCH3 is 1. The minimum atomic E-state index is -0.250. The molecule has 1 aromatic rings. The van der Waals surface area contributed by atoms with Crippen LogP contribution in [0.15, 0.2) is 30.3 Å². The van der Waals surface area contributed by atoms with Crippen LogP contribution in [0.4, 0.5) is 0 Å².